The van der Waals surface area contributed by atoms with E-state index in [0.717, 1.165) is 27.5 Å². The molecule has 19 heavy (non-hydrogen) atoms. The first kappa shape index (κ1) is 12.3. The molecule has 0 saturated heterocycles. The molecule has 5 heteroatoms. The Morgan fingerprint density at radius 3 is 2.95 bits per heavy atom. The molecule has 2 aromatic rings. The van der Waals surface area contributed by atoms with Crippen molar-refractivity contribution in [2.75, 3.05) is 6.61 Å². The number of imidazole rings is 1. The number of allylic oxidation sites excluding steroid dienone is 1. The van der Waals surface area contributed by atoms with Crippen molar-refractivity contribution in [3.05, 3.63) is 34.5 Å². The van der Waals surface area contributed by atoms with Gasteiger partial charge in [0.15, 0.2) is 0 Å². The molecule has 0 amide bonds. The summed E-state index contributed by atoms with van der Waals surface area (Å²) in [6.07, 6.45) is 1.82. The van der Waals surface area contributed by atoms with Crippen LogP contribution >= 0.6 is 11.8 Å². The van der Waals surface area contributed by atoms with Gasteiger partial charge in [-0.25, -0.2) is 9.78 Å². The van der Waals surface area contributed by atoms with Crippen LogP contribution in [0.2, 0.25) is 0 Å². The lowest BCUT2D eigenvalue weighted by Crippen LogP contribution is -2.11. The monoisotopic (exact) mass is 274 g/mol. The van der Waals surface area contributed by atoms with E-state index in [1.54, 1.807) is 0 Å². The molecule has 3 rings (SSSR count). The van der Waals surface area contributed by atoms with Crippen LogP contribution < -0.4 is 0 Å². The van der Waals surface area contributed by atoms with Gasteiger partial charge in [-0.1, -0.05) is 17.8 Å². The first-order valence-corrected chi connectivity index (χ1v) is 6.98. The third-order valence-corrected chi connectivity index (χ3v) is 4.41. The van der Waals surface area contributed by atoms with Crippen LogP contribution in [0.1, 0.15) is 25.1 Å². The van der Waals surface area contributed by atoms with Gasteiger partial charge in [0.2, 0.25) is 0 Å². The number of hydrogen-bond donors (Lipinski definition) is 0. The van der Waals surface area contributed by atoms with Crippen molar-refractivity contribution in [3.8, 4) is 0 Å². The Balaban J connectivity index is 2.21. The van der Waals surface area contributed by atoms with Gasteiger partial charge in [0, 0.05) is 0 Å². The second-order valence-corrected chi connectivity index (χ2v) is 5.46. The maximum Gasteiger partial charge on any atom is 0.345 e. The first-order chi connectivity index (χ1) is 9.13. The average molecular weight is 274 g/mol. The summed E-state index contributed by atoms with van der Waals surface area (Å²) < 4.78 is 7.21. The van der Waals surface area contributed by atoms with Crippen LogP contribution in [0.25, 0.3) is 11.2 Å². The Kier molecular flexibility index (Phi) is 2.86. The number of carbonyl (C=O) groups excluding carboxylic acids is 1. The fourth-order valence-electron chi connectivity index (χ4n) is 2.23. The van der Waals surface area contributed by atoms with E-state index >= 15 is 0 Å². The van der Waals surface area contributed by atoms with Crippen LogP contribution in [0.4, 0.5) is 0 Å². The quantitative estimate of drug-likeness (QED) is 0.789. The Bertz CT molecular complexity index is 716. The average Bonchev–Trinajstić information content (AvgIpc) is 2.83. The Morgan fingerprint density at radius 2 is 2.21 bits per heavy atom. The molecule has 2 aromatic heterocycles. The maximum absolute atomic E-state index is 12.0. The van der Waals surface area contributed by atoms with Crippen LogP contribution in [-0.2, 0) is 9.53 Å². The number of thioether (sulfide) groups is 1. The van der Waals surface area contributed by atoms with Crippen molar-refractivity contribution in [1.82, 2.24) is 9.38 Å². The predicted molar refractivity (Wildman–Crippen MR) is 75.0 cm³/mol. The molecule has 0 N–H and O–H groups in total. The van der Waals surface area contributed by atoms with Crippen molar-refractivity contribution in [2.24, 2.45) is 0 Å². The normalized spacial score (nSPS) is 14.1. The summed E-state index contributed by atoms with van der Waals surface area (Å²) in [4.78, 5) is 17.1. The highest BCUT2D eigenvalue weighted by atomic mass is 32.2. The zero-order chi connectivity index (χ0) is 13.6. The highest BCUT2D eigenvalue weighted by Crippen LogP contribution is 2.39. The SMILES string of the molecule is CCOC(=O)C1=C(C)c2cnc3c(C)ccc(n23)S1. The lowest BCUT2D eigenvalue weighted by Gasteiger charge is -2.18. The molecule has 0 fully saturated rings. The lowest BCUT2D eigenvalue weighted by molar-refractivity contribution is -0.137. The van der Waals surface area contributed by atoms with Gasteiger partial charge in [-0.3, -0.25) is 4.40 Å². The molecule has 0 spiro atoms. The van der Waals surface area contributed by atoms with Crippen molar-refractivity contribution in [3.63, 3.8) is 0 Å². The molecule has 3 heterocycles. The van der Waals surface area contributed by atoms with E-state index in [1.807, 2.05) is 39.1 Å². The molecule has 0 atom stereocenters. The van der Waals surface area contributed by atoms with Gasteiger partial charge in [0.25, 0.3) is 0 Å². The second kappa shape index (κ2) is 4.42. The summed E-state index contributed by atoms with van der Waals surface area (Å²) in [6.45, 7) is 6.18. The van der Waals surface area contributed by atoms with Gasteiger partial charge in [-0.15, -0.1) is 0 Å². The minimum Gasteiger partial charge on any atom is -0.462 e. The lowest BCUT2D eigenvalue weighted by atomic mass is 10.2. The largest absolute Gasteiger partial charge is 0.462 e. The molecule has 1 aliphatic rings. The van der Waals surface area contributed by atoms with Gasteiger partial charge in [0.1, 0.15) is 10.6 Å². The predicted octanol–water partition coefficient (Wildman–Crippen LogP) is 3.04. The zero-order valence-corrected chi connectivity index (χ0v) is 11.9. The second-order valence-electron chi connectivity index (χ2n) is 4.43. The fraction of sp³-hybridized carbons (Fsp3) is 0.286. The minimum atomic E-state index is -0.258. The maximum atomic E-state index is 12.0. The summed E-state index contributed by atoms with van der Waals surface area (Å²) in [7, 11) is 0. The molecule has 0 aliphatic carbocycles. The number of esters is 1. The van der Waals surface area contributed by atoms with E-state index < -0.39 is 0 Å². The third kappa shape index (κ3) is 1.76. The van der Waals surface area contributed by atoms with Gasteiger partial charge in [-0.05, 0) is 38.0 Å². The smallest absolute Gasteiger partial charge is 0.345 e. The molecule has 4 nitrogen and oxygen atoms in total. The molecular weight excluding hydrogens is 260 g/mol. The minimum absolute atomic E-state index is 0.258. The van der Waals surface area contributed by atoms with E-state index in [0.29, 0.717) is 11.5 Å². The van der Waals surface area contributed by atoms with Crippen LogP contribution in [0.15, 0.2) is 28.3 Å². The topological polar surface area (TPSA) is 43.6 Å². The van der Waals surface area contributed by atoms with Crippen LogP contribution in [0.5, 0.6) is 0 Å². The summed E-state index contributed by atoms with van der Waals surface area (Å²) in [5, 5.41) is 1.00. The number of ether oxygens (including phenoxy) is 1. The molecule has 1 aliphatic heterocycles. The van der Waals surface area contributed by atoms with Crippen molar-refractivity contribution in [2.45, 2.75) is 25.8 Å². The number of pyridine rings is 1. The zero-order valence-electron chi connectivity index (χ0n) is 11.1. The third-order valence-electron chi connectivity index (χ3n) is 3.20. The summed E-state index contributed by atoms with van der Waals surface area (Å²) >= 11 is 1.45. The molecular formula is C14H14N2O2S. The van der Waals surface area contributed by atoms with Gasteiger partial charge < -0.3 is 4.74 Å². The summed E-state index contributed by atoms with van der Waals surface area (Å²) in [6, 6.07) is 4.04. The fourth-order valence-corrected chi connectivity index (χ4v) is 3.25. The highest BCUT2D eigenvalue weighted by Gasteiger charge is 2.25. The number of aromatic nitrogens is 2. The van der Waals surface area contributed by atoms with Crippen molar-refractivity contribution < 1.29 is 9.53 Å². The Morgan fingerprint density at radius 1 is 1.42 bits per heavy atom. The molecule has 0 radical (unpaired) electrons. The number of carbonyl (C=O) groups is 1. The van der Waals surface area contributed by atoms with E-state index in [-0.39, 0.29) is 5.97 Å². The standard InChI is InChI=1S/C14H14N2O2S/c1-4-18-14(17)12-9(3)10-7-15-13-8(2)5-6-11(19-12)16(10)13/h5-7H,4H2,1-3H3. The number of nitrogens with zero attached hydrogens (tertiary/aromatic N) is 2. The first-order valence-electron chi connectivity index (χ1n) is 6.16. The van der Waals surface area contributed by atoms with Gasteiger partial charge in [0.05, 0.1) is 23.5 Å². The van der Waals surface area contributed by atoms with Gasteiger partial charge in [-0.2, -0.15) is 0 Å². The van der Waals surface area contributed by atoms with Crippen molar-refractivity contribution in [1.29, 1.82) is 0 Å². The Labute approximate surface area is 115 Å². The van der Waals surface area contributed by atoms with Crippen LogP contribution in [0.3, 0.4) is 0 Å². The van der Waals surface area contributed by atoms with Crippen molar-refractivity contribution >= 4 is 29.0 Å². The molecule has 0 aromatic carbocycles. The molecule has 0 bridgehead atoms. The number of hydrogen-bond acceptors (Lipinski definition) is 4. The van der Waals surface area contributed by atoms with E-state index in [9.17, 15) is 4.79 Å². The van der Waals surface area contributed by atoms with E-state index in [1.165, 1.54) is 11.8 Å². The van der Waals surface area contributed by atoms with Gasteiger partial charge >= 0.3 is 5.97 Å². The molecule has 0 unspecified atom stereocenters. The molecule has 98 valence electrons. The van der Waals surface area contributed by atoms with E-state index in [2.05, 4.69) is 9.38 Å². The summed E-state index contributed by atoms with van der Waals surface area (Å²) in [5.74, 6) is -0.258. The number of aryl methyl sites for hydroxylation is 1. The van der Waals surface area contributed by atoms with Crippen LogP contribution in [0, 0.1) is 6.92 Å². The highest BCUT2D eigenvalue weighted by molar-refractivity contribution is 8.04. The number of rotatable bonds is 2. The summed E-state index contributed by atoms with van der Waals surface area (Å²) in [5.41, 5.74) is 3.97. The van der Waals surface area contributed by atoms with E-state index in [4.69, 9.17) is 4.74 Å². The Hall–Kier alpha value is -1.75. The van der Waals surface area contributed by atoms with Crippen LogP contribution in [-0.4, -0.2) is 22.0 Å². The molecule has 0 saturated carbocycles.